The van der Waals surface area contributed by atoms with E-state index in [0.29, 0.717) is 22.4 Å². The van der Waals surface area contributed by atoms with Crippen LogP contribution >= 0.6 is 0 Å². The minimum absolute atomic E-state index is 0.334. The highest BCUT2D eigenvalue weighted by Gasteiger charge is 2.19. The highest BCUT2D eigenvalue weighted by molar-refractivity contribution is 6.07. The fraction of sp³-hybridized carbons (Fsp3) is 0.211. The van der Waals surface area contributed by atoms with Crippen LogP contribution < -0.4 is 16.0 Å². The van der Waals surface area contributed by atoms with Crippen LogP contribution in [0, 0.1) is 11.3 Å². The van der Waals surface area contributed by atoms with Gasteiger partial charge in [0.05, 0.1) is 23.0 Å². The van der Waals surface area contributed by atoms with Crippen LogP contribution in [0.2, 0.25) is 0 Å². The van der Waals surface area contributed by atoms with Gasteiger partial charge in [0, 0.05) is 24.2 Å². The van der Waals surface area contributed by atoms with E-state index < -0.39 is 5.91 Å². The van der Waals surface area contributed by atoms with E-state index in [-0.39, 0.29) is 5.91 Å². The molecule has 2 aromatic carbocycles. The summed E-state index contributed by atoms with van der Waals surface area (Å²) in [6.07, 6.45) is 2.18. The minimum Gasteiger partial charge on any atom is -0.370 e. The minimum atomic E-state index is -0.546. The first-order chi connectivity index (χ1) is 12.1. The molecule has 25 heavy (non-hydrogen) atoms. The molecule has 0 aromatic heterocycles. The molecule has 126 valence electrons. The molecule has 1 saturated heterocycles. The van der Waals surface area contributed by atoms with Crippen LogP contribution in [0.4, 0.5) is 11.4 Å². The van der Waals surface area contributed by atoms with E-state index in [9.17, 15) is 9.59 Å². The topological polar surface area (TPSA) is 99.2 Å². The van der Waals surface area contributed by atoms with Crippen molar-refractivity contribution in [3.8, 4) is 6.07 Å². The van der Waals surface area contributed by atoms with Gasteiger partial charge in [0.15, 0.2) is 0 Å². The van der Waals surface area contributed by atoms with E-state index in [2.05, 4.69) is 10.2 Å². The lowest BCUT2D eigenvalue weighted by atomic mass is 10.1. The van der Waals surface area contributed by atoms with Crippen molar-refractivity contribution in [2.45, 2.75) is 12.8 Å². The van der Waals surface area contributed by atoms with E-state index in [4.69, 9.17) is 11.0 Å². The number of benzene rings is 2. The van der Waals surface area contributed by atoms with Crippen molar-refractivity contribution in [3.63, 3.8) is 0 Å². The second-order valence-corrected chi connectivity index (χ2v) is 5.94. The van der Waals surface area contributed by atoms with Gasteiger partial charge in [-0.25, -0.2) is 0 Å². The maximum Gasteiger partial charge on any atom is 0.255 e. The molecule has 2 amide bonds. The first-order valence-electron chi connectivity index (χ1n) is 8.09. The number of hydrogen-bond donors (Lipinski definition) is 2. The fourth-order valence-electron chi connectivity index (χ4n) is 2.95. The number of hydrogen-bond acceptors (Lipinski definition) is 4. The van der Waals surface area contributed by atoms with Gasteiger partial charge in [-0.2, -0.15) is 5.26 Å². The molecule has 0 spiro atoms. The first kappa shape index (κ1) is 16.5. The quantitative estimate of drug-likeness (QED) is 0.897. The average molecular weight is 334 g/mol. The van der Waals surface area contributed by atoms with Crippen molar-refractivity contribution in [1.29, 1.82) is 5.26 Å². The number of anilines is 2. The smallest absolute Gasteiger partial charge is 0.255 e. The summed E-state index contributed by atoms with van der Waals surface area (Å²) in [5.41, 5.74) is 7.92. The number of rotatable bonds is 4. The summed E-state index contributed by atoms with van der Waals surface area (Å²) in [5, 5.41) is 11.8. The molecule has 3 rings (SSSR count). The zero-order valence-electron chi connectivity index (χ0n) is 13.7. The number of nitrogens with zero attached hydrogens (tertiary/aromatic N) is 2. The normalized spacial score (nSPS) is 13.3. The Balaban J connectivity index is 1.93. The Bertz CT molecular complexity index is 864. The number of nitriles is 1. The Labute approximate surface area is 145 Å². The lowest BCUT2D eigenvalue weighted by Gasteiger charge is -2.22. The van der Waals surface area contributed by atoms with Gasteiger partial charge in [-0.3, -0.25) is 9.59 Å². The number of amides is 2. The van der Waals surface area contributed by atoms with E-state index in [0.717, 1.165) is 31.6 Å². The summed E-state index contributed by atoms with van der Waals surface area (Å²) in [7, 11) is 0. The van der Waals surface area contributed by atoms with Gasteiger partial charge >= 0.3 is 0 Å². The van der Waals surface area contributed by atoms with Crippen LogP contribution in [0.3, 0.4) is 0 Å². The summed E-state index contributed by atoms with van der Waals surface area (Å²) in [6, 6.07) is 13.6. The van der Waals surface area contributed by atoms with Crippen molar-refractivity contribution in [1.82, 2.24) is 0 Å². The van der Waals surface area contributed by atoms with Crippen LogP contribution in [-0.4, -0.2) is 24.9 Å². The van der Waals surface area contributed by atoms with E-state index in [1.165, 1.54) is 6.07 Å². The average Bonchev–Trinajstić information content (AvgIpc) is 3.16. The number of carbonyl (C=O) groups excluding carboxylic acids is 2. The second-order valence-electron chi connectivity index (χ2n) is 5.94. The van der Waals surface area contributed by atoms with Crippen LogP contribution in [-0.2, 0) is 0 Å². The molecule has 0 bridgehead atoms. The predicted octanol–water partition coefficient (Wildman–Crippen LogP) is 2.51. The van der Waals surface area contributed by atoms with Crippen molar-refractivity contribution in [2.24, 2.45) is 5.73 Å². The van der Waals surface area contributed by atoms with Gasteiger partial charge in [0.1, 0.15) is 0 Å². The Kier molecular flexibility index (Phi) is 4.66. The molecule has 1 fully saturated rings. The molecule has 6 nitrogen and oxygen atoms in total. The van der Waals surface area contributed by atoms with Gasteiger partial charge < -0.3 is 16.0 Å². The number of nitrogens with one attached hydrogen (secondary N) is 1. The third-order valence-electron chi connectivity index (χ3n) is 4.23. The van der Waals surface area contributed by atoms with Crippen molar-refractivity contribution in [2.75, 3.05) is 23.3 Å². The largest absolute Gasteiger partial charge is 0.370 e. The van der Waals surface area contributed by atoms with Crippen LogP contribution in [0.25, 0.3) is 0 Å². The van der Waals surface area contributed by atoms with Crippen molar-refractivity contribution in [3.05, 3.63) is 59.2 Å². The highest BCUT2D eigenvalue weighted by atomic mass is 16.2. The molecule has 0 saturated carbocycles. The number of primary amides is 1. The summed E-state index contributed by atoms with van der Waals surface area (Å²) < 4.78 is 0. The second kappa shape index (κ2) is 7.05. The Hall–Kier alpha value is -3.33. The third-order valence-corrected chi connectivity index (χ3v) is 4.23. The lowest BCUT2D eigenvalue weighted by Crippen LogP contribution is -2.22. The van der Waals surface area contributed by atoms with Gasteiger partial charge in [-0.15, -0.1) is 0 Å². The third kappa shape index (κ3) is 3.61. The SMILES string of the molecule is N#Cc1cccc(C(=O)Nc2cc(C(N)=O)ccc2N2CCCC2)c1. The predicted molar refractivity (Wildman–Crippen MR) is 95.5 cm³/mol. The standard InChI is InChI=1S/C19H18N4O2/c20-12-13-4-3-5-15(10-13)19(25)22-16-11-14(18(21)24)6-7-17(16)23-8-1-2-9-23/h3-7,10-11H,1-2,8-9H2,(H2,21,24)(H,22,25). The molecule has 1 aliphatic rings. The molecule has 1 aliphatic heterocycles. The first-order valence-corrected chi connectivity index (χ1v) is 8.09. The van der Waals surface area contributed by atoms with Crippen LogP contribution in [0.15, 0.2) is 42.5 Å². The molecule has 0 atom stereocenters. The van der Waals surface area contributed by atoms with E-state index >= 15 is 0 Å². The summed E-state index contributed by atoms with van der Waals surface area (Å²) >= 11 is 0. The Morgan fingerprint density at radius 3 is 2.52 bits per heavy atom. The van der Waals surface area contributed by atoms with Crippen LogP contribution in [0.5, 0.6) is 0 Å². The van der Waals surface area contributed by atoms with Crippen molar-refractivity contribution < 1.29 is 9.59 Å². The maximum atomic E-state index is 12.6. The Morgan fingerprint density at radius 1 is 1.08 bits per heavy atom. The Morgan fingerprint density at radius 2 is 1.84 bits per heavy atom. The maximum absolute atomic E-state index is 12.6. The van der Waals surface area contributed by atoms with E-state index in [1.54, 1.807) is 30.3 Å². The molecule has 0 aliphatic carbocycles. The summed E-state index contributed by atoms with van der Waals surface area (Å²) in [5.74, 6) is -0.880. The molecular weight excluding hydrogens is 316 g/mol. The van der Waals surface area contributed by atoms with Gasteiger partial charge in [0.2, 0.25) is 5.91 Å². The zero-order chi connectivity index (χ0) is 17.8. The number of carbonyl (C=O) groups is 2. The highest BCUT2D eigenvalue weighted by Crippen LogP contribution is 2.30. The monoisotopic (exact) mass is 334 g/mol. The summed E-state index contributed by atoms with van der Waals surface area (Å²) in [4.78, 5) is 26.2. The zero-order valence-corrected chi connectivity index (χ0v) is 13.7. The molecular formula is C19H18N4O2. The van der Waals surface area contributed by atoms with Crippen LogP contribution in [0.1, 0.15) is 39.1 Å². The molecule has 3 N–H and O–H groups in total. The fourth-order valence-corrected chi connectivity index (χ4v) is 2.95. The van der Waals surface area contributed by atoms with Gasteiger partial charge in [-0.05, 0) is 49.2 Å². The van der Waals surface area contributed by atoms with Crippen molar-refractivity contribution >= 4 is 23.2 Å². The molecule has 6 heteroatoms. The molecule has 0 radical (unpaired) electrons. The molecule has 1 heterocycles. The summed E-state index contributed by atoms with van der Waals surface area (Å²) in [6.45, 7) is 1.81. The van der Waals surface area contributed by atoms with E-state index in [1.807, 2.05) is 12.1 Å². The van der Waals surface area contributed by atoms with Gasteiger partial charge in [-0.1, -0.05) is 6.07 Å². The molecule has 2 aromatic rings. The lowest BCUT2D eigenvalue weighted by molar-refractivity contribution is 0.0996. The van der Waals surface area contributed by atoms with Gasteiger partial charge in [0.25, 0.3) is 5.91 Å². The number of nitrogens with two attached hydrogens (primary N) is 1. The molecule has 0 unspecified atom stereocenters.